The molecular weight excluding hydrogens is 251 g/mol. The van der Waals surface area contributed by atoms with E-state index in [1.165, 1.54) is 24.3 Å². The van der Waals surface area contributed by atoms with E-state index in [2.05, 4.69) is 4.98 Å². The molecule has 1 aromatic heterocycles. The molecule has 0 aliphatic heterocycles. The fraction of sp³-hybridized carbons (Fsp3) is 0.0769. The Morgan fingerprint density at radius 3 is 2.79 bits per heavy atom. The minimum Gasteiger partial charge on any atom is -0.477 e. The molecule has 1 aromatic carbocycles. The molecule has 1 heterocycles. The topological polar surface area (TPSA) is 85.4 Å². The van der Waals surface area contributed by atoms with Gasteiger partial charge in [-0.05, 0) is 36.8 Å². The highest BCUT2D eigenvalue weighted by Crippen LogP contribution is 2.28. The quantitative estimate of drug-likeness (QED) is 0.888. The van der Waals surface area contributed by atoms with Crippen molar-refractivity contribution in [3.05, 3.63) is 47.4 Å². The molecular formula is C13H11FN2O3. The van der Waals surface area contributed by atoms with Gasteiger partial charge >= 0.3 is 5.97 Å². The number of hydrogen-bond acceptors (Lipinski definition) is 4. The molecule has 0 aliphatic rings. The van der Waals surface area contributed by atoms with E-state index in [1.54, 1.807) is 13.0 Å². The van der Waals surface area contributed by atoms with Crippen molar-refractivity contribution >= 4 is 11.7 Å². The molecule has 0 saturated heterocycles. The number of aromatic nitrogens is 1. The van der Waals surface area contributed by atoms with Crippen molar-refractivity contribution in [3.63, 3.8) is 0 Å². The van der Waals surface area contributed by atoms with E-state index in [-0.39, 0.29) is 23.0 Å². The maximum absolute atomic E-state index is 13.5. The van der Waals surface area contributed by atoms with Crippen LogP contribution in [0.2, 0.25) is 0 Å². The third-order valence-electron chi connectivity index (χ3n) is 2.40. The molecule has 0 amide bonds. The first-order valence-corrected chi connectivity index (χ1v) is 5.41. The number of aryl methyl sites for hydroxylation is 1. The van der Waals surface area contributed by atoms with Crippen LogP contribution in [-0.2, 0) is 0 Å². The first-order valence-electron chi connectivity index (χ1n) is 5.41. The van der Waals surface area contributed by atoms with E-state index in [0.29, 0.717) is 0 Å². The van der Waals surface area contributed by atoms with E-state index in [4.69, 9.17) is 15.6 Å². The molecule has 0 bridgehead atoms. The van der Waals surface area contributed by atoms with Crippen molar-refractivity contribution < 1.29 is 19.0 Å². The number of ether oxygens (including phenoxy) is 1. The van der Waals surface area contributed by atoms with Crippen LogP contribution in [0.25, 0.3) is 0 Å². The van der Waals surface area contributed by atoms with Gasteiger partial charge in [0.05, 0.1) is 5.69 Å². The Kier molecular flexibility index (Phi) is 3.33. The summed E-state index contributed by atoms with van der Waals surface area (Å²) in [4.78, 5) is 14.5. The lowest BCUT2D eigenvalue weighted by Gasteiger charge is -2.09. The van der Waals surface area contributed by atoms with Gasteiger partial charge in [-0.2, -0.15) is 0 Å². The van der Waals surface area contributed by atoms with E-state index in [0.717, 1.165) is 5.56 Å². The van der Waals surface area contributed by atoms with Crippen molar-refractivity contribution in [1.29, 1.82) is 0 Å². The number of benzene rings is 1. The van der Waals surface area contributed by atoms with Gasteiger partial charge in [0.1, 0.15) is 0 Å². The van der Waals surface area contributed by atoms with E-state index in [9.17, 15) is 9.18 Å². The first kappa shape index (κ1) is 12.8. The molecule has 0 radical (unpaired) electrons. The summed E-state index contributed by atoms with van der Waals surface area (Å²) in [6, 6.07) is 6.91. The Balaban J connectivity index is 2.40. The number of nitrogens with two attached hydrogens (primary N) is 1. The first-order chi connectivity index (χ1) is 8.97. The number of carbonyl (C=O) groups is 1. The fourth-order valence-electron chi connectivity index (χ4n) is 1.45. The smallest absolute Gasteiger partial charge is 0.354 e. The van der Waals surface area contributed by atoms with Gasteiger partial charge in [0.2, 0.25) is 5.88 Å². The molecule has 0 spiro atoms. The summed E-state index contributed by atoms with van der Waals surface area (Å²) >= 11 is 0. The minimum atomic E-state index is -1.21. The SMILES string of the molecule is Cc1ccc(F)c(Oc2nc(C(=O)O)ccc2N)c1. The molecule has 19 heavy (non-hydrogen) atoms. The lowest BCUT2D eigenvalue weighted by molar-refractivity contribution is 0.0689. The summed E-state index contributed by atoms with van der Waals surface area (Å²) in [5.74, 6) is -1.98. The molecule has 98 valence electrons. The Labute approximate surface area is 108 Å². The number of nitrogen functional groups attached to an aromatic ring is 1. The Morgan fingerprint density at radius 2 is 2.11 bits per heavy atom. The van der Waals surface area contributed by atoms with Crippen LogP contribution in [0.3, 0.4) is 0 Å². The molecule has 3 N–H and O–H groups in total. The number of rotatable bonds is 3. The van der Waals surface area contributed by atoms with Crippen molar-refractivity contribution in [2.75, 3.05) is 5.73 Å². The zero-order valence-electron chi connectivity index (χ0n) is 10.1. The summed E-state index contributed by atoms with van der Waals surface area (Å²) in [7, 11) is 0. The monoisotopic (exact) mass is 262 g/mol. The number of carboxylic acids is 1. The molecule has 2 aromatic rings. The zero-order valence-corrected chi connectivity index (χ0v) is 10.1. The largest absolute Gasteiger partial charge is 0.477 e. The Morgan fingerprint density at radius 1 is 1.37 bits per heavy atom. The zero-order chi connectivity index (χ0) is 14.0. The minimum absolute atomic E-state index is 0.0539. The molecule has 0 atom stereocenters. The third-order valence-corrected chi connectivity index (χ3v) is 2.40. The summed E-state index contributed by atoms with van der Waals surface area (Å²) in [6.07, 6.45) is 0. The van der Waals surface area contributed by atoms with Gasteiger partial charge in [0.25, 0.3) is 0 Å². The number of hydrogen-bond donors (Lipinski definition) is 2. The Bertz CT molecular complexity index is 644. The molecule has 0 unspecified atom stereocenters. The predicted octanol–water partition coefficient (Wildman–Crippen LogP) is 2.60. The van der Waals surface area contributed by atoms with E-state index in [1.807, 2.05) is 0 Å². The highest BCUT2D eigenvalue weighted by atomic mass is 19.1. The maximum atomic E-state index is 13.5. The van der Waals surface area contributed by atoms with Gasteiger partial charge in [-0.3, -0.25) is 0 Å². The average Bonchev–Trinajstić information content (AvgIpc) is 2.36. The second-order valence-corrected chi connectivity index (χ2v) is 3.93. The molecule has 0 fully saturated rings. The standard InChI is InChI=1S/C13H11FN2O3/c1-7-2-3-8(14)11(6-7)19-12-9(15)4-5-10(16-12)13(17)18/h2-6H,15H2,1H3,(H,17,18). The van der Waals surface area contributed by atoms with Crippen LogP contribution in [-0.4, -0.2) is 16.1 Å². The summed E-state index contributed by atoms with van der Waals surface area (Å²) < 4.78 is 18.8. The lowest BCUT2D eigenvalue weighted by atomic mass is 10.2. The van der Waals surface area contributed by atoms with Crippen LogP contribution < -0.4 is 10.5 Å². The van der Waals surface area contributed by atoms with Crippen LogP contribution in [0.15, 0.2) is 30.3 Å². The Hall–Kier alpha value is -2.63. The molecule has 5 nitrogen and oxygen atoms in total. The summed E-state index contributed by atoms with van der Waals surface area (Å²) in [5.41, 5.74) is 6.32. The van der Waals surface area contributed by atoms with Gasteiger partial charge in [0.15, 0.2) is 17.3 Å². The van der Waals surface area contributed by atoms with Crippen LogP contribution in [0.4, 0.5) is 10.1 Å². The number of aromatic carboxylic acids is 1. The van der Waals surface area contributed by atoms with Crippen LogP contribution in [0, 0.1) is 12.7 Å². The number of anilines is 1. The molecule has 0 saturated carbocycles. The predicted molar refractivity (Wildman–Crippen MR) is 66.8 cm³/mol. The third kappa shape index (κ3) is 2.79. The second-order valence-electron chi connectivity index (χ2n) is 3.93. The highest BCUT2D eigenvalue weighted by molar-refractivity contribution is 5.86. The van der Waals surface area contributed by atoms with Gasteiger partial charge in [-0.1, -0.05) is 6.07 Å². The maximum Gasteiger partial charge on any atom is 0.354 e. The molecule has 2 rings (SSSR count). The van der Waals surface area contributed by atoms with Gasteiger partial charge < -0.3 is 15.6 Å². The van der Waals surface area contributed by atoms with Gasteiger partial charge in [-0.15, -0.1) is 0 Å². The highest BCUT2D eigenvalue weighted by Gasteiger charge is 2.12. The lowest BCUT2D eigenvalue weighted by Crippen LogP contribution is -2.04. The van der Waals surface area contributed by atoms with Crippen molar-refractivity contribution in [2.45, 2.75) is 6.92 Å². The number of halogens is 1. The second kappa shape index (κ2) is 4.93. The summed E-state index contributed by atoms with van der Waals surface area (Å²) in [5, 5.41) is 8.83. The summed E-state index contributed by atoms with van der Waals surface area (Å²) in [6.45, 7) is 1.77. The van der Waals surface area contributed by atoms with Crippen molar-refractivity contribution in [3.8, 4) is 11.6 Å². The average molecular weight is 262 g/mol. The van der Waals surface area contributed by atoms with Crippen LogP contribution in [0.5, 0.6) is 11.6 Å². The number of nitrogens with zero attached hydrogens (tertiary/aromatic N) is 1. The van der Waals surface area contributed by atoms with Gasteiger partial charge in [0, 0.05) is 0 Å². The fourth-order valence-corrected chi connectivity index (χ4v) is 1.45. The van der Waals surface area contributed by atoms with E-state index >= 15 is 0 Å². The number of pyridine rings is 1. The van der Waals surface area contributed by atoms with Crippen molar-refractivity contribution in [2.24, 2.45) is 0 Å². The van der Waals surface area contributed by atoms with Gasteiger partial charge in [-0.25, -0.2) is 14.2 Å². The number of carboxylic acid groups (broad SMARTS) is 1. The van der Waals surface area contributed by atoms with Crippen LogP contribution >= 0.6 is 0 Å². The van der Waals surface area contributed by atoms with E-state index < -0.39 is 11.8 Å². The van der Waals surface area contributed by atoms with Crippen molar-refractivity contribution in [1.82, 2.24) is 4.98 Å². The molecule has 0 aliphatic carbocycles. The van der Waals surface area contributed by atoms with Crippen LogP contribution in [0.1, 0.15) is 16.1 Å². The molecule has 6 heteroatoms. The normalized spacial score (nSPS) is 10.2.